The molecular weight excluding hydrogens is 378 g/mol. The van der Waals surface area contributed by atoms with Crippen LogP contribution in [0.25, 0.3) is 0 Å². The zero-order valence-corrected chi connectivity index (χ0v) is 17.1. The van der Waals surface area contributed by atoms with Crippen molar-refractivity contribution >= 4 is 11.9 Å². The maximum atomic E-state index is 12.5. The molecule has 3 aromatic rings. The van der Waals surface area contributed by atoms with E-state index in [4.69, 9.17) is 9.47 Å². The van der Waals surface area contributed by atoms with Gasteiger partial charge in [0.05, 0.1) is 6.04 Å². The van der Waals surface area contributed by atoms with Crippen LogP contribution in [-0.2, 0) is 16.1 Å². The molecule has 154 valence electrons. The van der Waals surface area contributed by atoms with E-state index in [0.717, 1.165) is 16.7 Å². The minimum absolute atomic E-state index is 0.178. The normalized spacial score (nSPS) is 11.4. The predicted molar refractivity (Wildman–Crippen MR) is 115 cm³/mol. The average Bonchev–Trinajstić information content (AvgIpc) is 2.77. The second-order valence-corrected chi connectivity index (χ2v) is 7.05. The molecule has 0 aromatic heterocycles. The number of carbonyl (C=O) groups excluding carboxylic acids is 2. The molecule has 30 heavy (non-hydrogen) atoms. The quantitative estimate of drug-likeness (QED) is 0.558. The first-order valence-electron chi connectivity index (χ1n) is 9.82. The largest absolute Gasteiger partial charge is 0.488 e. The molecule has 5 heteroatoms. The van der Waals surface area contributed by atoms with Gasteiger partial charge in [0.1, 0.15) is 17.9 Å². The van der Waals surface area contributed by atoms with E-state index in [0.29, 0.717) is 12.4 Å². The number of esters is 1. The third kappa shape index (κ3) is 5.95. The van der Waals surface area contributed by atoms with Crippen molar-refractivity contribution in [2.24, 2.45) is 0 Å². The van der Waals surface area contributed by atoms with Crippen LogP contribution in [0.5, 0.6) is 5.75 Å². The fourth-order valence-corrected chi connectivity index (χ4v) is 3.04. The molecule has 0 radical (unpaired) electrons. The summed E-state index contributed by atoms with van der Waals surface area (Å²) in [5.41, 5.74) is 3.41. The molecule has 1 atom stereocenters. The number of para-hydroxylation sites is 1. The first-order valence-corrected chi connectivity index (χ1v) is 9.82. The van der Waals surface area contributed by atoms with Crippen LogP contribution in [0.3, 0.4) is 0 Å². The fraction of sp³-hybridized carbons (Fsp3) is 0.200. The average molecular weight is 403 g/mol. The molecular formula is C25H25NO4. The monoisotopic (exact) mass is 403 g/mol. The summed E-state index contributed by atoms with van der Waals surface area (Å²) in [6.45, 7) is 3.87. The Balaban J connectivity index is 1.55. The van der Waals surface area contributed by atoms with E-state index in [2.05, 4.69) is 5.32 Å². The highest BCUT2D eigenvalue weighted by Crippen LogP contribution is 2.21. The molecule has 0 bridgehead atoms. The van der Waals surface area contributed by atoms with E-state index in [-0.39, 0.29) is 24.1 Å². The van der Waals surface area contributed by atoms with Crippen molar-refractivity contribution in [3.8, 4) is 5.75 Å². The standard InChI is InChI=1S/C25H25NO4/c1-18-9-8-10-20(15-18)16-29-23-14-7-6-13-22(23)25(28)30-17-24(27)26-19(2)21-11-4-3-5-12-21/h3-15,19H,16-17H2,1-2H3,(H,26,27)/t19-/m0/s1. The Kier molecular flexibility index (Phi) is 7.22. The van der Waals surface area contributed by atoms with Gasteiger partial charge >= 0.3 is 5.97 Å². The third-order valence-corrected chi connectivity index (χ3v) is 4.60. The Morgan fingerprint density at radius 3 is 2.43 bits per heavy atom. The van der Waals surface area contributed by atoms with Gasteiger partial charge < -0.3 is 14.8 Å². The topological polar surface area (TPSA) is 64.6 Å². The van der Waals surface area contributed by atoms with Crippen molar-refractivity contribution in [3.63, 3.8) is 0 Å². The van der Waals surface area contributed by atoms with Crippen LogP contribution in [-0.4, -0.2) is 18.5 Å². The Morgan fingerprint density at radius 2 is 1.67 bits per heavy atom. The van der Waals surface area contributed by atoms with Crippen LogP contribution in [0.4, 0.5) is 0 Å². The van der Waals surface area contributed by atoms with Crippen LogP contribution in [0.15, 0.2) is 78.9 Å². The number of nitrogens with one attached hydrogen (secondary N) is 1. The number of hydrogen-bond donors (Lipinski definition) is 1. The van der Waals surface area contributed by atoms with Crippen molar-refractivity contribution in [3.05, 3.63) is 101 Å². The Bertz CT molecular complexity index is 1000. The summed E-state index contributed by atoms with van der Waals surface area (Å²) in [4.78, 5) is 24.7. The predicted octanol–water partition coefficient (Wildman–Crippen LogP) is 4.61. The fourth-order valence-electron chi connectivity index (χ4n) is 3.04. The van der Waals surface area contributed by atoms with Gasteiger partial charge in [-0.15, -0.1) is 0 Å². The molecule has 0 saturated heterocycles. The molecule has 1 N–H and O–H groups in total. The van der Waals surface area contributed by atoms with E-state index in [9.17, 15) is 9.59 Å². The van der Waals surface area contributed by atoms with Gasteiger partial charge in [-0.2, -0.15) is 0 Å². The Hall–Kier alpha value is -3.60. The molecule has 0 unspecified atom stereocenters. The number of hydrogen-bond acceptors (Lipinski definition) is 4. The Morgan fingerprint density at radius 1 is 0.933 bits per heavy atom. The summed E-state index contributed by atoms with van der Waals surface area (Å²) in [6.07, 6.45) is 0. The molecule has 0 spiro atoms. The van der Waals surface area contributed by atoms with E-state index >= 15 is 0 Å². The van der Waals surface area contributed by atoms with Gasteiger partial charge in [-0.05, 0) is 37.1 Å². The summed E-state index contributed by atoms with van der Waals surface area (Å²) >= 11 is 0. The molecule has 0 heterocycles. The lowest BCUT2D eigenvalue weighted by Gasteiger charge is -2.15. The van der Waals surface area contributed by atoms with Crippen molar-refractivity contribution in [2.45, 2.75) is 26.5 Å². The first kappa shape index (κ1) is 21.1. The van der Waals surface area contributed by atoms with Crippen molar-refractivity contribution in [1.29, 1.82) is 0 Å². The van der Waals surface area contributed by atoms with Gasteiger partial charge in [0, 0.05) is 0 Å². The highest BCUT2D eigenvalue weighted by atomic mass is 16.5. The molecule has 0 aliphatic rings. The number of carbonyl (C=O) groups is 2. The zero-order chi connectivity index (χ0) is 21.3. The number of rotatable bonds is 8. The van der Waals surface area contributed by atoms with Crippen LogP contribution >= 0.6 is 0 Å². The maximum absolute atomic E-state index is 12.5. The molecule has 0 fully saturated rings. The van der Waals surface area contributed by atoms with Gasteiger partial charge in [0.15, 0.2) is 6.61 Å². The summed E-state index contributed by atoms with van der Waals surface area (Å²) < 4.78 is 11.0. The Labute approximate surface area is 176 Å². The summed E-state index contributed by atoms with van der Waals surface area (Å²) in [6, 6.07) is 24.2. The molecule has 5 nitrogen and oxygen atoms in total. The summed E-state index contributed by atoms with van der Waals surface area (Å²) in [5.74, 6) is -0.544. The maximum Gasteiger partial charge on any atom is 0.342 e. The molecule has 0 aliphatic heterocycles. The van der Waals surface area contributed by atoms with Crippen molar-refractivity contribution < 1.29 is 19.1 Å². The zero-order valence-electron chi connectivity index (χ0n) is 17.1. The molecule has 3 aromatic carbocycles. The van der Waals surface area contributed by atoms with Crippen LogP contribution in [0.2, 0.25) is 0 Å². The minimum Gasteiger partial charge on any atom is -0.488 e. The third-order valence-electron chi connectivity index (χ3n) is 4.60. The summed E-state index contributed by atoms with van der Waals surface area (Å²) in [5, 5.41) is 2.82. The van der Waals surface area contributed by atoms with E-state index in [1.807, 2.05) is 68.4 Å². The van der Waals surface area contributed by atoms with E-state index in [1.165, 1.54) is 0 Å². The number of benzene rings is 3. The minimum atomic E-state index is -0.600. The van der Waals surface area contributed by atoms with Gasteiger partial charge in [-0.1, -0.05) is 72.3 Å². The van der Waals surface area contributed by atoms with E-state index in [1.54, 1.807) is 24.3 Å². The lowest BCUT2D eigenvalue weighted by molar-refractivity contribution is -0.124. The SMILES string of the molecule is Cc1cccc(COc2ccccc2C(=O)OCC(=O)N[C@@H](C)c2ccccc2)c1. The smallest absolute Gasteiger partial charge is 0.342 e. The molecule has 0 saturated carbocycles. The van der Waals surface area contributed by atoms with Gasteiger partial charge in [0.2, 0.25) is 0 Å². The summed E-state index contributed by atoms with van der Waals surface area (Å²) in [7, 11) is 0. The van der Waals surface area contributed by atoms with Gasteiger partial charge in [0.25, 0.3) is 5.91 Å². The lowest BCUT2D eigenvalue weighted by atomic mass is 10.1. The van der Waals surface area contributed by atoms with Crippen LogP contribution < -0.4 is 10.1 Å². The molecule has 1 amide bonds. The first-order chi connectivity index (χ1) is 14.5. The number of aryl methyl sites for hydroxylation is 1. The number of amides is 1. The second kappa shape index (κ2) is 10.3. The van der Waals surface area contributed by atoms with Gasteiger partial charge in [-0.3, -0.25) is 4.79 Å². The second-order valence-electron chi connectivity index (χ2n) is 7.05. The van der Waals surface area contributed by atoms with Crippen LogP contribution in [0.1, 0.15) is 40.0 Å². The van der Waals surface area contributed by atoms with Crippen molar-refractivity contribution in [1.82, 2.24) is 5.32 Å². The highest BCUT2D eigenvalue weighted by Gasteiger charge is 2.16. The van der Waals surface area contributed by atoms with E-state index < -0.39 is 5.97 Å². The number of ether oxygens (including phenoxy) is 2. The van der Waals surface area contributed by atoms with Crippen LogP contribution in [0, 0.1) is 6.92 Å². The van der Waals surface area contributed by atoms with Gasteiger partial charge in [-0.25, -0.2) is 4.79 Å². The molecule has 3 rings (SSSR count). The highest BCUT2D eigenvalue weighted by molar-refractivity contribution is 5.94. The lowest BCUT2D eigenvalue weighted by Crippen LogP contribution is -2.31. The van der Waals surface area contributed by atoms with Crippen molar-refractivity contribution in [2.75, 3.05) is 6.61 Å². The molecule has 0 aliphatic carbocycles.